The van der Waals surface area contributed by atoms with E-state index >= 15 is 0 Å². The molecule has 1 aliphatic heterocycles. The van der Waals surface area contributed by atoms with Crippen LogP contribution in [0.5, 0.6) is 0 Å². The Morgan fingerprint density at radius 1 is 1.06 bits per heavy atom. The summed E-state index contributed by atoms with van der Waals surface area (Å²) >= 11 is 1.52. The molecule has 1 N–H and O–H groups in total. The van der Waals surface area contributed by atoms with Gasteiger partial charge in [0.15, 0.2) is 0 Å². The first-order chi connectivity index (χ1) is 17.2. The van der Waals surface area contributed by atoms with Gasteiger partial charge >= 0.3 is 0 Å². The standard InChI is InChI=1S/C27H29N5O2S/c33-25(22-9-10-24-28-14-17-32(24)18-22)29-13-5-4-6-20-11-15-31(16-12-20)27(34)23-19-35-26(30-23)21-7-2-1-3-8-21/h1-3,7-10,14,17-20H,4-6,11-13,15-16H2,(H,29,33). The first kappa shape index (κ1) is 23.2. The number of amides is 2. The first-order valence-corrected chi connectivity index (χ1v) is 13.1. The topological polar surface area (TPSA) is 79.6 Å². The minimum Gasteiger partial charge on any atom is -0.352 e. The fourth-order valence-electron chi connectivity index (χ4n) is 4.59. The predicted octanol–water partition coefficient (Wildman–Crippen LogP) is 4.91. The molecule has 0 unspecified atom stereocenters. The maximum atomic E-state index is 12.9. The Morgan fingerprint density at radius 2 is 1.89 bits per heavy atom. The molecule has 1 aliphatic rings. The van der Waals surface area contributed by atoms with Gasteiger partial charge in [0.25, 0.3) is 11.8 Å². The van der Waals surface area contributed by atoms with Crippen LogP contribution in [0.4, 0.5) is 0 Å². The minimum atomic E-state index is -0.0510. The number of fused-ring (bicyclic) bond motifs is 1. The molecule has 0 bridgehead atoms. The van der Waals surface area contributed by atoms with E-state index < -0.39 is 0 Å². The van der Waals surface area contributed by atoms with Crippen LogP contribution in [0.1, 0.15) is 53.0 Å². The van der Waals surface area contributed by atoms with Crippen LogP contribution in [0.3, 0.4) is 0 Å². The van der Waals surface area contributed by atoms with E-state index in [1.807, 2.05) is 57.3 Å². The van der Waals surface area contributed by atoms with E-state index in [-0.39, 0.29) is 11.8 Å². The van der Waals surface area contributed by atoms with Crippen LogP contribution < -0.4 is 5.32 Å². The molecule has 0 spiro atoms. The van der Waals surface area contributed by atoms with Crippen LogP contribution in [0.25, 0.3) is 16.2 Å². The summed E-state index contributed by atoms with van der Waals surface area (Å²) in [5, 5.41) is 5.78. The number of nitrogens with zero attached hydrogens (tertiary/aromatic N) is 4. The molecule has 2 amide bonds. The third kappa shape index (κ3) is 5.59. The van der Waals surface area contributed by atoms with Crippen molar-refractivity contribution < 1.29 is 9.59 Å². The number of thiazole rings is 1. The van der Waals surface area contributed by atoms with Gasteiger partial charge in [-0.3, -0.25) is 9.59 Å². The second-order valence-corrected chi connectivity index (χ2v) is 9.86. The SMILES string of the molecule is O=C(NCCCCC1CCN(C(=O)c2csc(-c3ccccc3)n2)CC1)c1ccc2nccn2c1. The summed E-state index contributed by atoms with van der Waals surface area (Å²) in [6, 6.07) is 13.6. The number of benzene rings is 1. The summed E-state index contributed by atoms with van der Waals surface area (Å²) in [5.74, 6) is 0.622. The second kappa shape index (κ2) is 10.8. The van der Waals surface area contributed by atoms with Crippen molar-refractivity contribution in [3.63, 3.8) is 0 Å². The minimum absolute atomic E-state index is 0.0403. The van der Waals surface area contributed by atoms with Gasteiger partial charge in [0, 0.05) is 49.2 Å². The molecule has 3 aromatic heterocycles. The highest BCUT2D eigenvalue weighted by atomic mass is 32.1. The Morgan fingerprint density at radius 3 is 2.71 bits per heavy atom. The Labute approximate surface area is 208 Å². The van der Waals surface area contributed by atoms with Crippen LogP contribution in [-0.4, -0.2) is 50.7 Å². The molecule has 5 rings (SSSR count). The average molecular weight is 488 g/mol. The van der Waals surface area contributed by atoms with E-state index in [2.05, 4.69) is 15.3 Å². The maximum absolute atomic E-state index is 12.9. The number of pyridine rings is 1. The highest BCUT2D eigenvalue weighted by molar-refractivity contribution is 7.13. The zero-order chi connectivity index (χ0) is 24.0. The van der Waals surface area contributed by atoms with Crippen LogP contribution >= 0.6 is 11.3 Å². The van der Waals surface area contributed by atoms with Crippen molar-refractivity contribution in [3.05, 3.63) is 77.7 Å². The van der Waals surface area contributed by atoms with Gasteiger partial charge in [-0.15, -0.1) is 11.3 Å². The summed E-state index contributed by atoms with van der Waals surface area (Å²) in [5.41, 5.74) is 3.07. The van der Waals surface area contributed by atoms with Gasteiger partial charge in [-0.05, 0) is 37.3 Å². The van der Waals surface area contributed by atoms with Crippen molar-refractivity contribution in [2.24, 2.45) is 5.92 Å². The van der Waals surface area contributed by atoms with Crippen molar-refractivity contribution in [3.8, 4) is 10.6 Å². The number of hydrogen-bond acceptors (Lipinski definition) is 5. The molecular formula is C27H29N5O2S. The fraction of sp³-hybridized carbons (Fsp3) is 0.333. The van der Waals surface area contributed by atoms with E-state index in [1.54, 1.807) is 18.5 Å². The monoisotopic (exact) mass is 487 g/mol. The van der Waals surface area contributed by atoms with Gasteiger partial charge in [-0.25, -0.2) is 9.97 Å². The number of piperidine rings is 1. The highest BCUT2D eigenvalue weighted by Crippen LogP contribution is 2.26. The van der Waals surface area contributed by atoms with Crippen molar-refractivity contribution >= 4 is 28.8 Å². The molecule has 7 nitrogen and oxygen atoms in total. The predicted molar refractivity (Wildman–Crippen MR) is 138 cm³/mol. The first-order valence-electron chi connectivity index (χ1n) is 12.2. The molecule has 35 heavy (non-hydrogen) atoms. The molecule has 1 fully saturated rings. The molecule has 8 heteroatoms. The number of hydrogen-bond donors (Lipinski definition) is 1. The van der Waals surface area contributed by atoms with Gasteiger partial charge in [-0.2, -0.15) is 0 Å². The Bertz CT molecular complexity index is 1290. The van der Waals surface area contributed by atoms with Gasteiger partial charge in [-0.1, -0.05) is 43.2 Å². The van der Waals surface area contributed by atoms with Gasteiger partial charge in [0.05, 0.1) is 5.56 Å². The molecule has 180 valence electrons. The smallest absolute Gasteiger partial charge is 0.273 e. The summed E-state index contributed by atoms with van der Waals surface area (Å²) in [4.78, 5) is 36.0. The lowest BCUT2D eigenvalue weighted by Crippen LogP contribution is -2.38. The number of carbonyl (C=O) groups excluding carboxylic acids is 2. The normalized spacial score (nSPS) is 14.3. The number of carbonyl (C=O) groups is 2. The lowest BCUT2D eigenvalue weighted by atomic mass is 9.91. The van der Waals surface area contributed by atoms with E-state index in [4.69, 9.17) is 0 Å². The lowest BCUT2D eigenvalue weighted by molar-refractivity contribution is 0.0680. The second-order valence-electron chi connectivity index (χ2n) is 9.00. The van der Waals surface area contributed by atoms with E-state index in [9.17, 15) is 9.59 Å². The molecule has 0 aliphatic carbocycles. The Hall–Kier alpha value is -3.52. The van der Waals surface area contributed by atoms with Gasteiger partial charge in [0.1, 0.15) is 16.3 Å². The molecule has 0 radical (unpaired) electrons. The van der Waals surface area contributed by atoms with Crippen molar-refractivity contribution in [1.82, 2.24) is 24.6 Å². The molecule has 4 aromatic rings. The zero-order valence-electron chi connectivity index (χ0n) is 19.6. The van der Waals surface area contributed by atoms with Gasteiger partial charge < -0.3 is 14.6 Å². The highest BCUT2D eigenvalue weighted by Gasteiger charge is 2.25. The molecular weight excluding hydrogens is 458 g/mol. The molecule has 1 saturated heterocycles. The largest absolute Gasteiger partial charge is 0.352 e. The molecule has 0 saturated carbocycles. The quantitative estimate of drug-likeness (QED) is 0.358. The van der Waals surface area contributed by atoms with E-state index in [0.29, 0.717) is 23.7 Å². The zero-order valence-corrected chi connectivity index (χ0v) is 20.4. The van der Waals surface area contributed by atoms with Crippen LogP contribution in [0.2, 0.25) is 0 Å². The molecule has 0 atom stereocenters. The summed E-state index contributed by atoms with van der Waals surface area (Å²) in [7, 11) is 0. The van der Waals surface area contributed by atoms with E-state index in [0.717, 1.165) is 61.4 Å². The lowest BCUT2D eigenvalue weighted by Gasteiger charge is -2.31. The Balaban J connectivity index is 1.01. The van der Waals surface area contributed by atoms with Crippen LogP contribution in [0.15, 0.2) is 66.4 Å². The number of rotatable bonds is 8. The van der Waals surface area contributed by atoms with Crippen LogP contribution in [-0.2, 0) is 0 Å². The van der Waals surface area contributed by atoms with Crippen LogP contribution in [0, 0.1) is 5.92 Å². The third-order valence-corrected chi connectivity index (χ3v) is 7.51. The summed E-state index contributed by atoms with van der Waals surface area (Å²) in [6.45, 7) is 2.25. The summed E-state index contributed by atoms with van der Waals surface area (Å²) in [6.07, 6.45) is 10.6. The number of likely N-dealkylation sites (tertiary alicyclic amines) is 1. The summed E-state index contributed by atoms with van der Waals surface area (Å²) < 4.78 is 1.85. The fourth-order valence-corrected chi connectivity index (χ4v) is 5.39. The van der Waals surface area contributed by atoms with E-state index in [1.165, 1.54) is 11.3 Å². The molecule has 4 heterocycles. The van der Waals surface area contributed by atoms with Crippen molar-refractivity contribution in [2.75, 3.05) is 19.6 Å². The third-order valence-electron chi connectivity index (χ3n) is 6.62. The maximum Gasteiger partial charge on any atom is 0.273 e. The number of imidazole rings is 1. The Kier molecular flexibility index (Phi) is 7.18. The van der Waals surface area contributed by atoms with Gasteiger partial charge in [0.2, 0.25) is 0 Å². The number of nitrogens with one attached hydrogen (secondary N) is 1. The van der Waals surface area contributed by atoms with Crippen molar-refractivity contribution in [2.45, 2.75) is 32.1 Å². The number of aromatic nitrogens is 3. The van der Waals surface area contributed by atoms with Crippen molar-refractivity contribution in [1.29, 1.82) is 0 Å². The number of unbranched alkanes of at least 4 members (excludes halogenated alkanes) is 1. The average Bonchev–Trinajstić information content (AvgIpc) is 3.58. The molecule has 1 aromatic carbocycles.